The normalized spacial score (nSPS) is 26.8. The van der Waals surface area contributed by atoms with E-state index in [1.54, 1.807) is 0 Å². The molecule has 1 N–H and O–H groups in total. The molecule has 0 aliphatic carbocycles. The fourth-order valence-corrected chi connectivity index (χ4v) is 2.95. The van der Waals surface area contributed by atoms with E-state index < -0.39 is 0 Å². The zero-order valence-electron chi connectivity index (χ0n) is 12.7. The van der Waals surface area contributed by atoms with Crippen molar-refractivity contribution in [2.45, 2.75) is 45.4 Å². The number of nitrogens with zero attached hydrogens (tertiary/aromatic N) is 2. The van der Waals surface area contributed by atoms with Gasteiger partial charge in [-0.15, -0.1) is 0 Å². The smallest absolute Gasteiger partial charge is 0.237 e. The minimum atomic E-state index is -0.109. The van der Waals surface area contributed by atoms with Gasteiger partial charge >= 0.3 is 0 Å². The Bertz CT molecular complexity index is 670. The van der Waals surface area contributed by atoms with Crippen molar-refractivity contribution in [3.8, 4) is 0 Å². The van der Waals surface area contributed by atoms with Gasteiger partial charge < -0.3 is 5.32 Å². The highest BCUT2D eigenvalue weighted by Crippen LogP contribution is 2.20. The molecule has 1 amide bonds. The molecule has 0 unspecified atom stereocenters. The van der Waals surface area contributed by atoms with Gasteiger partial charge in [0.25, 0.3) is 0 Å². The van der Waals surface area contributed by atoms with Crippen LogP contribution in [0.5, 0.6) is 0 Å². The van der Waals surface area contributed by atoms with Crippen LogP contribution in [-0.4, -0.2) is 33.9 Å². The summed E-state index contributed by atoms with van der Waals surface area (Å²) in [6.45, 7) is 6.93. The summed E-state index contributed by atoms with van der Waals surface area (Å²) in [5.41, 5.74) is 2.15. The average Bonchev–Trinajstić information content (AvgIpc) is 2.49. The lowest BCUT2D eigenvalue weighted by atomic mass is 10.0. The van der Waals surface area contributed by atoms with Crippen molar-refractivity contribution < 1.29 is 4.79 Å². The van der Waals surface area contributed by atoms with Crippen molar-refractivity contribution >= 4 is 16.8 Å². The highest BCUT2D eigenvalue weighted by molar-refractivity contribution is 5.82. The van der Waals surface area contributed by atoms with Crippen molar-refractivity contribution in [1.29, 1.82) is 0 Å². The highest BCUT2D eigenvalue weighted by Gasteiger charge is 2.34. The van der Waals surface area contributed by atoms with Gasteiger partial charge in [-0.3, -0.25) is 14.7 Å². The molecular weight excluding hydrogens is 262 g/mol. The van der Waals surface area contributed by atoms with Gasteiger partial charge in [0, 0.05) is 30.2 Å². The summed E-state index contributed by atoms with van der Waals surface area (Å²) in [7, 11) is 0. The summed E-state index contributed by atoms with van der Waals surface area (Å²) >= 11 is 0. The van der Waals surface area contributed by atoms with Gasteiger partial charge in [0.2, 0.25) is 5.91 Å². The Hall–Kier alpha value is -1.94. The number of piperazine rings is 1. The molecule has 3 atom stereocenters. The van der Waals surface area contributed by atoms with E-state index in [4.69, 9.17) is 0 Å². The summed E-state index contributed by atoms with van der Waals surface area (Å²) in [6, 6.07) is 10.6. The molecule has 1 saturated heterocycles. The Morgan fingerprint density at radius 2 is 2.00 bits per heavy atom. The third kappa shape index (κ3) is 2.63. The predicted molar refractivity (Wildman–Crippen MR) is 83.8 cm³/mol. The van der Waals surface area contributed by atoms with E-state index in [2.05, 4.69) is 41.2 Å². The second-order valence-electron chi connectivity index (χ2n) is 5.92. The SMILES string of the molecule is C[C@@H]1NC(=O)[C@H](C)N(Cc2cnc3ccccc3c2)[C@@H]1C. The molecule has 1 aromatic heterocycles. The molecule has 2 heterocycles. The Balaban J connectivity index is 1.87. The van der Waals surface area contributed by atoms with Crippen molar-refractivity contribution in [2.75, 3.05) is 0 Å². The largest absolute Gasteiger partial charge is 0.351 e. The van der Waals surface area contributed by atoms with Crippen LogP contribution in [0.1, 0.15) is 26.3 Å². The number of nitrogens with one attached hydrogen (secondary N) is 1. The van der Waals surface area contributed by atoms with Crippen LogP contribution in [0.4, 0.5) is 0 Å². The maximum atomic E-state index is 12.0. The molecule has 0 spiro atoms. The van der Waals surface area contributed by atoms with Crippen LogP contribution < -0.4 is 5.32 Å². The first-order valence-electron chi connectivity index (χ1n) is 7.46. The van der Waals surface area contributed by atoms with Gasteiger partial charge in [0.05, 0.1) is 11.6 Å². The standard InChI is InChI=1S/C17H21N3O/c1-11-12(2)20(13(3)17(21)19-11)10-14-8-15-6-4-5-7-16(15)18-9-14/h4-9,11-13H,10H2,1-3H3,(H,19,21)/t11-,12+,13-/m0/s1. The summed E-state index contributed by atoms with van der Waals surface area (Å²) in [4.78, 5) is 18.7. The van der Waals surface area contributed by atoms with E-state index in [-0.39, 0.29) is 18.0 Å². The number of rotatable bonds is 2. The molecule has 1 aliphatic heterocycles. The summed E-state index contributed by atoms with van der Waals surface area (Å²) < 4.78 is 0. The number of hydrogen-bond donors (Lipinski definition) is 1. The Morgan fingerprint density at radius 3 is 2.81 bits per heavy atom. The fourth-order valence-electron chi connectivity index (χ4n) is 2.95. The number of hydrogen-bond acceptors (Lipinski definition) is 3. The lowest BCUT2D eigenvalue weighted by molar-refractivity contribution is -0.132. The monoisotopic (exact) mass is 283 g/mol. The second-order valence-corrected chi connectivity index (χ2v) is 5.92. The number of aromatic nitrogens is 1. The van der Waals surface area contributed by atoms with Gasteiger partial charge in [-0.2, -0.15) is 0 Å². The fraction of sp³-hybridized carbons (Fsp3) is 0.412. The van der Waals surface area contributed by atoms with Gasteiger partial charge in [-0.1, -0.05) is 18.2 Å². The van der Waals surface area contributed by atoms with Crippen molar-refractivity contribution in [3.63, 3.8) is 0 Å². The maximum Gasteiger partial charge on any atom is 0.237 e. The predicted octanol–water partition coefficient (Wildman–Crippen LogP) is 2.33. The molecule has 2 aromatic rings. The lowest BCUT2D eigenvalue weighted by Crippen LogP contribution is -2.62. The number of para-hydroxylation sites is 1. The van der Waals surface area contributed by atoms with E-state index in [0.717, 1.165) is 23.0 Å². The zero-order valence-corrected chi connectivity index (χ0v) is 12.7. The first-order valence-corrected chi connectivity index (χ1v) is 7.46. The van der Waals surface area contributed by atoms with Crippen LogP contribution in [0, 0.1) is 0 Å². The first-order chi connectivity index (χ1) is 10.1. The molecule has 1 aliphatic rings. The zero-order chi connectivity index (χ0) is 15.0. The minimum Gasteiger partial charge on any atom is -0.351 e. The molecule has 110 valence electrons. The van der Waals surface area contributed by atoms with Crippen LogP contribution in [0.2, 0.25) is 0 Å². The number of pyridine rings is 1. The highest BCUT2D eigenvalue weighted by atomic mass is 16.2. The molecule has 4 heteroatoms. The summed E-state index contributed by atoms with van der Waals surface area (Å²) in [5.74, 6) is 0.106. The first kappa shape index (κ1) is 14.0. The second kappa shape index (κ2) is 5.45. The molecular formula is C17H21N3O. The topological polar surface area (TPSA) is 45.2 Å². The van der Waals surface area contributed by atoms with E-state index in [1.807, 2.05) is 31.3 Å². The Kier molecular flexibility index (Phi) is 3.64. The van der Waals surface area contributed by atoms with Crippen molar-refractivity contribution in [2.24, 2.45) is 0 Å². The number of carbonyl (C=O) groups excluding carboxylic acids is 1. The summed E-state index contributed by atoms with van der Waals surface area (Å²) in [6.07, 6.45) is 1.92. The lowest BCUT2D eigenvalue weighted by Gasteiger charge is -2.42. The molecule has 1 fully saturated rings. The third-order valence-electron chi connectivity index (χ3n) is 4.51. The van der Waals surface area contributed by atoms with Crippen LogP contribution in [-0.2, 0) is 11.3 Å². The molecule has 21 heavy (non-hydrogen) atoms. The summed E-state index contributed by atoms with van der Waals surface area (Å²) in [5, 5.41) is 4.17. The van der Waals surface area contributed by atoms with Gasteiger partial charge in [0.1, 0.15) is 0 Å². The Labute approximate surface area is 125 Å². The van der Waals surface area contributed by atoms with E-state index in [1.165, 1.54) is 0 Å². The van der Waals surface area contributed by atoms with E-state index in [0.29, 0.717) is 6.04 Å². The number of amides is 1. The van der Waals surface area contributed by atoms with E-state index >= 15 is 0 Å². The number of carbonyl (C=O) groups is 1. The quantitative estimate of drug-likeness (QED) is 0.920. The van der Waals surface area contributed by atoms with Gasteiger partial charge in [0.15, 0.2) is 0 Å². The molecule has 0 bridgehead atoms. The Morgan fingerprint density at radius 1 is 1.24 bits per heavy atom. The molecule has 0 radical (unpaired) electrons. The number of fused-ring (bicyclic) bond motifs is 1. The van der Waals surface area contributed by atoms with Crippen molar-refractivity contribution in [1.82, 2.24) is 15.2 Å². The van der Waals surface area contributed by atoms with Crippen LogP contribution in [0.15, 0.2) is 36.5 Å². The van der Waals surface area contributed by atoms with Crippen LogP contribution in [0.25, 0.3) is 10.9 Å². The maximum absolute atomic E-state index is 12.0. The van der Waals surface area contributed by atoms with Crippen LogP contribution >= 0.6 is 0 Å². The molecule has 3 rings (SSSR count). The van der Waals surface area contributed by atoms with Crippen molar-refractivity contribution in [3.05, 3.63) is 42.1 Å². The average molecular weight is 283 g/mol. The number of benzene rings is 1. The minimum absolute atomic E-state index is 0.106. The van der Waals surface area contributed by atoms with E-state index in [9.17, 15) is 4.79 Å². The van der Waals surface area contributed by atoms with Crippen LogP contribution in [0.3, 0.4) is 0 Å². The molecule has 1 aromatic carbocycles. The third-order valence-corrected chi connectivity index (χ3v) is 4.51. The molecule has 0 saturated carbocycles. The van der Waals surface area contributed by atoms with Gasteiger partial charge in [-0.25, -0.2) is 0 Å². The molecule has 4 nitrogen and oxygen atoms in total. The van der Waals surface area contributed by atoms with Gasteiger partial charge in [-0.05, 0) is 38.5 Å².